The molecule has 6 nitrogen and oxygen atoms in total. The SMILES string of the molecule is CC(=O)C(C)C(C(C)C)C(NC(=O)NC(C)CC(C)C)C(=O)O. The number of Topliss-reactive ketones (excluding diaryl/α,β-unsaturated/α-hetero) is 1. The standard InChI is InChI=1S/C17H32N2O4/c1-9(2)8-11(5)18-17(23)19-15(16(21)22)14(10(3)4)12(6)13(7)20/h9-12,14-15H,8H2,1-7H3,(H,21,22)(H2,18,19,23). The van der Waals surface area contributed by atoms with Crippen LogP contribution in [0.3, 0.4) is 0 Å². The van der Waals surface area contributed by atoms with Crippen LogP contribution in [0.5, 0.6) is 0 Å². The van der Waals surface area contributed by atoms with E-state index in [0.29, 0.717) is 5.92 Å². The number of urea groups is 1. The second-order valence-corrected chi connectivity index (χ2v) is 7.18. The Labute approximate surface area is 139 Å². The molecule has 0 aromatic rings. The molecule has 4 unspecified atom stereocenters. The topological polar surface area (TPSA) is 95.5 Å². The molecule has 4 atom stereocenters. The van der Waals surface area contributed by atoms with E-state index in [1.54, 1.807) is 6.92 Å². The smallest absolute Gasteiger partial charge is 0.326 e. The summed E-state index contributed by atoms with van der Waals surface area (Å²) in [7, 11) is 0. The van der Waals surface area contributed by atoms with E-state index in [2.05, 4.69) is 24.5 Å². The molecule has 0 radical (unpaired) electrons. The van der Waals surface area contributed by atoms with Gasteiger partial charge in [0.05, 0.1) is 0 Å². The zero-order chi connectivity index (χ0) is 18.3. The van der Waals surface area contributed by atoms with E-state index in [0.717, 1.165) is 6.42 Å². The zero-order valence-corrected chi connectivity index (χ0v) is 15.3. The molecule has 0 aliphatic carbocycles. The van der Waals surface area contributed by atoms with Crippen LogP contribution >= 0.6 is 0 Å². The Balaban J connectivity index is 5.06. The third-order valence-electron chi connectivity index (χ3n) is 4.13. The molecule has 0 bridgehead atoms. The molecule has 0 aromatic heterocycles. The Morgan fingerprint density at radius 1 is 0.957 bits per heavy atom. The van der Waals surface area contributed by atoms with Gasteiger partial charge < -0.3 is 15.7 Å². The Bertz CT molecular complexity index is 421. The molecule has 0 spiro atoms. The molecule has 23 heavy (non-hydrogen) atoms. The van der Waals surface area contributed by atoms with Crippen molar-refractivity contribution in [3.8, 4) is 0 Å². The van der Waals surface area contributed by atoms with Gasteiger partial charge in [0, 0.05) is 17.9 Å². The summed E-state index contributed by atoms with van der Waals surface area (Å²) < 4.78 is 0. The molecule has 0 heterocycles. The van der Waals surface area contributed by atoms with Crippen molar-refractivity contribution in [2.24, 2.45) is 23.7 Å². The molecule has 0 aliphatic rings. The number of aliphatic carboxylic acids is 1. The quantitative estimate of drug-likeness (QED) is 0.606. The van der Waals surface area contributed by atoms with Crippen LogP contribution in [0.2, 0.25) is 0 Å². The Morgan fingerprint density at radius 3 is 1.83 bits per heavy atom. The molecule has 2 amide bonds. The molecular formula is C17H32N2O4. The summed E-state index contributed by atoms with van der Waals surface area (Å²) in [6, 6.07) is -1.65. The van der Waals surface area contributed by atoms with E-state index in [1.165, 1.54) is 6.92 Å². The lowest BCUT2D eigenvalue weighted by molar-refractivity contribution is -0.142. The second kappa shape index (κ2) is 9.53. The number of ketones is 1. The van der Waals surface area contributed by atoms with Crippen molar-refractivity contribution >= 4 is 17.8 Å². The first-order valence-corrected chi connectivity index (χ1v) is 8.27. The van der Waals surface area contributed by atoms with Crippen molar-refractivity contribution in [2.75, 3.05) is 0 Å². The Kier molecular flexibility index (Phi) is 8.87. The van der Waals surface area contributed by atoms with Gasteiger partial charge in [0.25, 0.3) is 0 Å². The van der Waals surface area contributed by atoms with Crippen LogP contribution in [0.25, 0.3) is 0 Å². The van der Waals surface area contributed by atoms with Crippen molar-refractivity contribution < 1.29 is 19.5 Å². The predicted molar refractivity (Wildman–Crippen MR) is 90.2 cm³/mol. The summed E-state index contributed by atoms with van der Waals surface area (Å²) in [5.41, 5.74) is 0. The molecule has 134 valence electrons. The second-order valence-electron chi connectivity index (χ2n) is 7.18. The molecule has 0 saturated heterocycles. The van der Waals surface area contributed by atoms with Gasteiger partial charge in [-0.3, -0.25) is 4.79 Å². The fourth-order valence-corrected chi connectivity index (χ4v) is 3.02. The van der Waals surface area contributed by atoms with Gasteiger partial charge in [0.2, 0.25) is 0 Å². The van der Waals surface area contributed by atoms with Gasteiger partial charge >= 0.3 is 12.0 Å². The van der Waals surface area contributed by atoms with E-state index in [9.17, 15) is 19.5 Å². The van der Waals surface area contributed by atoms with Crippen LogP contribution in [0.1, 0.15) is 54.9 Å². The molecule has 0 rings (SSSR count). The molecule has 6 heteroatoms. The summed E-state index contributed by atoms with van der Waals surface area (Å²) in [5.74, 6) is -1.72. The highest BCUT2D eigenvalue weighted by Crippen LogP contribution is 2.26. The van der Waals surface area contributed by atoms with Crippen LogP contribution in [-0.2, 0) is 9.59 Å². The lowest BCUT2D eigenvalue weighted by Gasteiger charge is -2.32. The molecule has 0 aliphatic heterocycles. The lowest BCUT2D eigenvalue weighted by atomic mass is 9.77. The maximum absolute atomic E-state index is 12.1. The van der Waals surface area contributed by atoms with E-state index in [1.807, 2.05) is 20.8 Å². The maximum Gasteiger partial charge on any atom is 0.326 e. The average Bonchev–Trinajstić information content (AvgIpc) is 2.35. The minimum absolute atomic E-state index is 0.0489. The summed E-state index contributed by atoms with van der Waals surface area (Å²) in [6.07, 6.45) is 0.808. The molecule has 0 saturated carbocycles. The van der Waals surface area contributed by atoms with Crippen LogP contribution in [0, 0.1) is 23.7 Å². The molecule has 0 fully saturated rings. The summed E-state index contributed by atoms with van der Waals surface area (Å²) >= 11 is 0. The number of nitrogens with one attached hydrogen (secondary N) is 2. The average molecular weight is 328 g/mol. The minimum Gasteiger partial charge on any atom is -0.480 e. The van der Waals surface area contributed by atoms with Crippen LogP contribution in [0.15, 0.2) is 0 Å². The first-order chi connectivity index (χ1) is 10.5. The van der Waals surface area contributed by atoms with Gasteiger partial charge in [-0.25, -0.2) is 9.59 Å². The van der Waals surface area contributed by atoms with Crippen LogP contribution in [0.4, 0.5) is 4.79 Å². The van der Waals surface area contributed by atoms with E-state index in [-0.39, 0.29) is 17.7 Å². The van der Waals surface area contributed by atoms with Gasteiger partial charge in [-0.2, -0.15) is 0 Å². The Hall–Kier alpha value is -1.59. The predicted octanol–water partition coefficient (Wildman–Crippen LogP) is 2.67. The highest BCUT2D eigenvalue weighted by Gasteiger charge is 2.37. The minimum atomic E-state index is -1.12. The summed E-state index contributed by atoms with van der Waals surface area (Å²) in [6.45, 7) is 12.9. The first kappa shape index (κ1) is 21.4. The fraction of sp³-hybridized carbons (Fsp3) is 0.824. The third-order valence-corrected chi connectivity index (χ3v) is 4.13. The van der Waals surface area contributed by atoms with Gasteiger partial charge in [0.15, 0.2) is 0 Å². The summed E-state index contributed by atoms with van der Waals surface area (Å²) in [4.78, 5) is 35.4. The monoisotopic (exact) mass is 328 g/mol. The summed E-state index contributed by atoms with van der Waals surface area (Å²) in [5, 5.41) is 14.8. The van der Waals surface area contributed by atoms with Crippen molar-refractivity contribution in [3.63, 3.8) is 0 Å². The van der Waals surface area contributed by atoms with Gasteiger partial charge in [-0.15, -0.1) is 0 Å². The van der Waals surface area contributed by atoms with E-state index in [4.69, 9.17) is 0 Å². The molecule has 0 aromatic carbocycles. The van der Waals surface area contributed by atoms with Gasteiger partial charge in [-0.05, 0) is 32.1 Å². The maximum atomic E-state index is 12.1. The number of carboxylic acid groups (broad SMARTS) is 1. The number of carbonyl (C=O) groups excluding carboxylic acids is 2. The van der Waals surface area contributed by atoms with Crippen molar-refractivity contribution in [2.45, 2.75) is 67.0 Å². The van der Waals surface area contributed by atoms with Crippen LogP contribution in [-0.4, -0.2) is 35.0 Å². The van der Waals surface area contributed by atoms with Gasteiger partial charge in [-0.1, -0.05) is 34.6 Å². The van der Waals surface area contributed by atoms with E-state index < -0.39 is 29.9 Å². The number of hydrogen-bond donors (Lipinski definition) is 3. The highest BCUT2D eigenvalue weighted by atomic mass is 16.4. The highest BCUT2D eigenvalue weighted by molar-refractivity contribution is 5.84. The van der Waals surface area contributed by atoms with Crippen molar-refractivity contribution in [3.05, 3.63) is 0 Å². The Morgan fingerprint density at radius 2 is 1.48 bits per heavy atom. The van der Waals surface area contributed by atoms with Gasteiger partial charge in [0.1, 0.15) is 11.8 Å². The largest absolute Gasteiger partial charge is 0.480 e. The molecular weight excluding hydrogens is 296 g/mol. The van der Waals surface area contributed by atoms with Crippen molar-refractivity contribution in [1.29, 1.82) is 0 Å². The third kappa shape index (κ3) is 7.48. The zero-order valence-electron chi connectivity index (χ0n) is 15.3. The fourth-order valence-electron chi connectivity index (χ4n) is 3.02. The van der Waals surface area contributed by atoms with Crippen molar-refractivity contribution in [1.82, 2.24) is 10.6 Å². The number of amides is 2. The van der Waals surface area contributed by atoms with E-state index >= 15 is 0 Å². The lowest BCUT2D eigenvalue weighted by Crippen LogP contribution is -2.54. The molecule has 3 N–H and O–H groups in total. The normalized spacial score (nSPS) is 16.6. The number of hydrogen-bond acceptors (Lipinski definition) is 3. The number of carboxylic acids is 1. The first-order valence-electron chi connectivity index (χ1n) is 8.27. The number of rotatable bonds is 9. The number of carbonyl (C=O) groups is 3. The van der Waals surface area contributed by atoms with Crippen LogP contribution < -0.4 is 10.6 Å².